The number of hydrogen-bond donors (Lipinski definition) is 0. The Labute approximate surface area is 124 Å². The minimum absolute atomic E-state index is 0.158. The van der Waals surface area contributed by atoms with Gasteiger partial charge in [0.15, 0.2) is 12.2 Å². The molecule has 2 heterocycles. The number of amides is 1. The minimum atomic E-state index is -4.50. The summed E-state index contributed by atoms with van der Waals surface area (Å²) < 4.78 is 44.4. The molecule has 7 heteroatoms. The molecule has 1 saturated heterocycles. The molecule has 0 radical (unpaired) electrons. The van der Waals surface area contributed by atoms with Crippen molar-refractivity contribution in [3.05, 3.63) is 36.4 Å². The van der Waals surface area contributed by atoms with Gasteiger partial charge in [0.2, 0.25) is 5.91 Å². The number of benzene rings is 1. The third kappa shape index (κ3) is 2.84. The van der Waals surface area contributed by atoms with Gasteiger partial charge in [0, 0.05) is 24.2 Å². The quantitative estimate of drug-likeness (QED) is 0.845. The summed E-state index contributed by atoms with van der Waals surface area (Å²) in [6.07, 6.45) is -0.0982. The average Bonchev–Trinajstić information content (AvgIpc) is 3.00. The summed E-state index contributed by atoms with van der Waals surface area (Å²) in [6, 6.07) is 3.53. The van der Waals surface area contributed by atoms with Gasteiger partial charge < -0.3 is 9.32 Å². The second-order valence-corrected chi connectivity index (χ2v) is 5.13. The van der Waals surface area contributed by atoms with Gasteiger partial charge >= 0.3 is 6.18 Å². The zero-order valence-corrected chi connectivity index (χ0v) is 11.6. The standard InChI is InChI=1S/C15H13F3N2O2/c16-15(17,18)11-5-10(13-8-19-9-22-13)6-12(7-11)20-4-2-1-3-14(20)21/h5-9H,1-4H2. The van der Waals surface area contributed by atoms with Crippen molar-refractivity contribution in [2.75, 3.05) is 11.4 Å². The normalized spacial score (nSPS) is 16.1. The zero-order chi connectivity index (χ0) is 15.7. The lowest BCUT2D eigenvalue weighted by Crippen LogP contribution is -2.35. The Bertz CT molecular complexity index is 681. The number of oxazole rings is 1. The van der Waals surface area contributed by atoms with Gasteiger partial charge in [-0.15, -0.1) is 0 Å². The van der Waals surface area contributed by atoms with Crippen molar-refractivity contribution in [3.63, 3.8) is 0 Å². The van der Waals surface area contributed by atoms with E-state index in [9.17, 15) is 18.0 Å². The molecule has 3 rings (SSSR count). The molecule has 1 amide bonds. The maximum atomic E-state index is 13.1. The van der Waals surface area contributed by atoms with Gasteiger partial charge in [-0.1, -0.05) is 0 Å². The fourth-order valence-corrected chi connectivity index (χ4v) is 2.51. The van der Waals surface area contributed by atoms with Gasteiger partial charge in [-0.25, -0.2) is 4.98 Å². The van der Waals surface area contributed by atoms with Crippen molar-refractivity contribution in [3.8, 4) is 11.3 Å². The number of aromatic nitrogens is 1. The van der Waals surface area contributed by atoms with Crippen LogP contribution < -0.4 is 4.90 Å². The van der Waals surface area contributed by atoms with E-state index >= 15 is 0 Å². The summed E-state index contributed by atoms with van der Waals surface area (Å²) in [5.41, 5.74) is -0.318. The number of halogens is 3. The number of piperidine rings is 1. The third-order valence-corrected chi connectivity index (χ3v) is 3.60. The molecule has 2 aromatic rings. The fraction of sp³-hybridized carbons (Fsp3) is 0.333. The van der Waals surface area contributed by atoms with E-state index in [-0.39, 0.29) is 22.9 Å². The first-order valence-electron chi connectivity index (χ1n) is 6.87. The fourth-order valence-electron chi connectivity index (χ4n) is 2.51. The molecule has 116 valence electrons. The van der Waals surface area contributed by atoms with Crippen LogP contribution in [0.2, 0.25) is 0 Å². The first kappa shape index (κ1) is 14.6. The van der Waals surface area contributed by atoms with Crippen LogP contribution in [0.25, 0.3) is 11.3 Å². The van der Waals surface area contributed by atoms with Crippen LogP contribution >= 0.6 is 0 Å². The lowest BCUT2D eigenvalue weighted by Gasteiger charge is -2.27. The molecule has 1 aromatic heterocycles. The molecule has 0 saturated carbocycles. The van der Waals surface area contributed by atoms with Crippen molar-refractivity contribution in [2.45, 2.75) is 25.4 Å². The van der Waals surface area contributed by atoms with Crippen molar-refractivity contribution in [2.24, 2.45) is 0 Å². The molecule has 22 heavy (non-hydrogen) atoms. The Hall–Kier alpha value is -2.31. The Morgan fingerprint density at radius 2 is 2.00 bits per heavy atom. The molecule has 0 N–H and O–H groups in total. The van der Waals surface area contributed by atoms with Crippen LogP contribution in [0.1, 0.15) is 24.8 Å². The average molecular weight is 310 g/mol. The van der Waals surface area contributed by atoms with E-state index in [2.05, 4.69) is 4.98 Å². The topological polar surface area (TPSA) is 46.3 Å². The Morgan fingerprint density at radius 1 is 1.18 bits per heavy atom. The summed E-state index contributed by atoms with van der Waals surface area (Å²) in [6.45, 7) is 0.427. The van der Waals surface area contributed by atoms with Gasteiger partial charge in [0.1, 0.15) is 0 Å². The number of alkyl halides is 3. The lowest BCUT2D eigenvalue weighted by molar-refractivity contribution is -0.137. The van der Waals surface area contributed by atoms with Gasteiger partial charge in [-0.3, -0.25) is 4.79 Å². The molecule has 0 spiro atoms. The molecule has 1 aliphatic rings. The number of hydrogen-bond acceptors (Lipinski definition) is 3. The number of carbonyl (C=O) groups is 1. The van der Waals surface area contributed by atoms with E-state index in [0.29, 0.717) is 13.0 Å². The number of anilines is 1. The second-order valence-electron chi connectivity index (χ2n) is 5.13. The third-order valence-electron chi connectivity index (χ3n) is 3.60. The predicted octanol–water partition coefficient (Wildman–Crippen LogP) is 3.88. The summed E-state index contributed by atoms with van der Waals surface area (Å²) in [4.78, 5) is 17.1. The van der Waals surface area contributed by atoms with E-state index in [1.807, 2.05) is 0 Å². The van der Waals surface area contributed by atoms with Gasteiger partial charge in [0.25, 0.3) is 0 Å². The van der Waals surface area contributed by atoms with E-state index in [1.165, 1.54) is 17.2 Å². The van der Waals surface area contributed by atoms with Crippen LogP contribution in [0.5, 0.6) is 0 Å². The molecular weight excluding hydrogens is 297 g/mol. The summed E-state index contributed by atoms with van der Waals surface area (Å²) in [5, 5.41) is 0. The van der Waals surface area contributed by atoms with Gasteiger partial charge in [-0.2, -0.15) is 13.2 Å². The smallest absolute Gasteiger partial charge is 0.416 e. The van der Waals surface area contributed by atoms with Crippen LogP contribution in [0.15, 0.2) is 35.2 Å². The largest absolute Gasteiger partial charge is 0.444 e. The monoisotopic (exact) mass is 310 g/mol. The van der Waals surface area contributed by atoms with Crippen molar-refractivity contribution in [1.29, 1.82) is 0 Å². The van der Waals surface area contributed by atoms with Crippen LogP contribution in [0.4, 0.5) is 18.9 Å². The van der Waals surface area contributed by atoms with Crippen LogP contribution in [-0.4, -0.2) is 17.4 Å². The molecule has 0 atom stereocenters. The van der Waals surface area contributed by atoms with E-state index < -0.39 is 11.7 Å². The van der Waals surface area contributed by atoms with Crippen molar-refractivity contribution < 1.29 is 22.4 Å². The molecule has 1 aliphatic heterocycles. The Morgan fingerprint density at radius 3 is 2.64 bits per heavy atom. The number of nitrogens with zero attached hydrogens (tertiary/aromatic N) is 2. The summed E-state index contributed by atoms with van der Waals surface area (Å²) in [7, 11) is 0. The Kier molecular flexibility index (Phi) is 3.64. The highest BCUT2D eigenvalue weighted by Gasteiger charge is 2.33. The predicted molar refractivity (Wildman–Crippen MR) is 73.1 cm³/mol. The highest BCUT2D eigenvalue weighted by molar-refractivity contribution is 5.94. The first-order chi connectivity index (χ1) is 10.4. The maximum absolute atomic E-state index is 13.1. The molecule has 0 aliphatic carbocycles. The second kappa shape index (κ2) is 5.47. The van der Waals surface area contributed by atoms with Gasteiger partial charge in [-0.05, 0) is 31.0 Å². The van der Waals surface area contributed by atoms with Crippen molar-refractivity contribution >= 4 is 11.6 Å². The molecule has 0 unspecified atom stereocenters. The summed E-state index contributed by atoms with van der Waals surface area (Å²) >= 11 is 0. The van der Waals surface area contributed by atoms with Crippen molar-refractivity contribution in [1.82, 2.24) is 4.98 Å². The zero-order valence-electron chi connectivity index (χ0n) is 11.6. The van der Waals surface area contributed by atoms with Gasteiger partial charge in [0.05, 0.1) is 11.8 Å². The van der Waals surface area contributed by atoms with E-state index in [0.717, 1.165) is 31.4 Å². The lowest BCUT2D eigenvalue weighted by atomic mass is 10.0. The van der Waals surface area contributed by atoms with E-state index in [4.69, 9.17) is 4.42 Å². The minimum Gasteiger partial charge on any atom is -0.444 e. The molecule has 1 aromatic carbocycles. The Balaban J connectivity index is 2.09. The highest BCUT2D eigenvalue weighted by atomic mass is 19.4. The SMILES string of the molecule is O=C1CCCCN1c1cc(-c2cnco2)cc(C(F)(F)F)c1. The number of carbonyl (C=O) groups excluding carboxylic acids is 1. The van der Waals surface area contributed by atoms with E-state index in [1.54, 1.807) is 0 Å². The summed E-state index contributed by atoms with van der Waals surface area (Å²) in [5.74, 6) is 0.0749. The molecule has 0 bridgehead atoms. The number of rotatable bonds is 2. The van der Waals surface area contributed by atoms with Crippen LogP contribution in [0.3, 0.4) is 0 Å². The molecule has 4 nitrogen and oxygen atoms in total. The molecule has 1 fully saturated rings. The molecular formula is C15H13F3N2O2. The van der Waals surface area contributed by atoms with Crippen LogP contribution in [-0.2, 0) is 11.0 Å². The first-order valence-corrected chi connectivity index (χ1v) is 6.87. The van der Waals surface area contributed by atoms with Crippen LogP contribution in [0, 0.1) is 0 Å². The maximum Gasteiger partial charge on any atom is 0.416 e. The highest BCUT2D eigenvalue weighted by Crippen LogP contribution is 2.36.